The number of amides is 1. The van der Waals surface area contributed by atoms with Gasteiger partial charge in [0.25, 0.3) is 5.91 Å². The number of hydrogen-bond acceptors (Lipinski definition) is 2. The molecule has 0 fully saturated rings. The summed E-state index contributed by atoms with van der Waals surface area (Å²) in [6, 6.07) is 15.7. The molecule has 0 N–H and O–H groups in total. The Morgan fingerprint density at radius 2 is 1.73 bits per heavy atom. The number of hydrogen-bond donors (Lipinski definition) is 0. The van der Waals surface area contributed by atoms with Crippen molar-refractivity contribution in [1.82, 2.24) is 14.5 Å². The average Bonchev–Trinajstić information content (AvgIpc) is 3.00. The Morgan fingerprint density at radius 3 is 2.41 bits per heavy atom. The van der Waals surface area contributed by atoms with E-state index < -0.39 is 0 Å². The first kappa shape index (κ1) is 14.3. The van der Waals surface area contributed by atoms with Crippen LogP contribution in [-0.2, 0) is 0 Å². The van der Waals surface area contributed by atoms with Crippen LogP contribution in [-0.4, -0.2) is 33.4 Å². The molecule has 4 nitrogen and oxygen atoms in total. The second-order valence-electron chi connectivity index (χ2n) is 5.13. The van der Waals surface area contributed by atoms with E-state index in [4.69, 9.17) is 0 Å². The summed E-state index contributed by atoms with van der Waals surface area (Å²) in [5.41, 5.74) is 3.75. The van der Waals surface area contributed by atoms with Crippen molar-refractivity contribution in [3.8, 4) is 5.69 Å². The number of fused-ring (bicyclic) bond motifs is 1. The predicted octanol–water partition coefficient (Wildman–Crippen LogP) is 3.51. The van der Waals surface area contributed by atoms with Gasteiger partial charge in [0.2, 0.25) is 0 Å². The second kappa shape index (κ2) is 6.02. The van der Waals surface area contributed by atoms with Gasteiger partial charge in [0.15, 0.2) is 0 Å². The van der Waals surface area contributed by atoms with Crippen molar-refractivity contribution in [3.63, 3.8) is 0 Å². The third-order valence-corrected chi connectivity index (χ3v) is 3.90. The van der Waals surface area contributed by atoms with Crippen LogP contribution in [0.1, 0.15) is 24.2 Å². The van der Waals surface area contributed by atoms with E-state index in [0.717, 1.165) is 35.4 Å². The maximum atomic E-state index is 12.3. The molecule has 0 radical (unpaired) electrons. The van der Waals surface area contributed by atoms with Gasteiger partial charge >= 0.3 is 0 Å². The number of para-hydroxylation sites is 2. The zero-order valence-corrected chi connectivity index (χ0v) is 12.9. The van der Waals surface area contributed by atoms with Crippen molar-refractivity contribution in [2.24, 2.45) is 0 Å². The van der Waals surface area contributed by atoms with Gasteiger partial charge in [-0.3, -0.25) is 9.36 Å². The Balaban J connectivity index is 1.93. The fraction of sp³-hybridized carbons (Fsp3) is 0.222. The fourth-order valence-corrected chi connectivity index (χ4v) is 2.62. The molecular formula is C18H19N3O. The Kier molecular flexibility index (Phi) is 3.92. The van der Waals surface area contributed by atoms with Crippen molar-refractivity contribution in [3.05, 3.63) is 60.4 Å². The zero-order valence-electron chi connectivity index (χ0n) is 12.9. The van der Waals surface area contributed by atoms with Crippen LogP contribution in [0.2, 0.25) is 0 Å². The second-order valence-corrected chi connectivity index (χ2v) is 5.13. The molecule has 112 valence electrons. The van der Waals surface area contributed by atoms with Crippen molar-refractivity contribution < 1.29 is 4.79 Å². The van der Waals surface area contributed by atoms with E-state index in [1.165, 1.54) is 0 Å². The number of aromatic nitrogens is 2. The normalized spacial score (nSPS) is 10.8. The first-order valence-electron chi connectivity index (χ1n) is 7.56. The molecule has 0 atom stereocenters. The lowest BCUT2D eigenvalue weighted by Gasteiger charge is -2.18. The smallest absolute Gasteiger partial charge is 0.253 e. The summed E-state index contributed by atoms with van der Waals surface area (Å²) in [5.74, 6) is 0.0760. The summed E-state index contributed by atoms with van der Waals surface area (Å²) < 4.78 is 2.03. The number of nitrogens with zero attached hydrogens (tertiary/aromatic N) is 3. The molecule has 0 bridgehead atoms. The molecular weight excluding hydrogens is 274 g/mol. The van der Waals surface area contributed by atoms with Gasteiger partial charge in [-0.1, -0.05) is 12.1 Å². The molecule has 0 saturated heterocycles. The molecule has 0 spiro atoms. The van der Waals surface area contributed by atoms with Crippen LogP contribution in [0, 0.1) is 0 Å². The molecule has 0 aliphatic heterocycles. The van der Waals surface area contributed by atoms with E-state index in [2.05, 4.69) is 4.98 Å². The van der Waals surface area contributed by atoms with Crippen molar-refractivity contribution in [1.29, 1.82) is 0 Å². The van der Waals surface area contributed by atoms with Gasteiger partial charge in [0.05, 0.1) is 11.0 Å². The monoisotopic (exact) mass is 293 g/mol. The van der Waals surface area contributed by atoms with E-state index in [1.807, 2.05) is 78.2 Å². The molecule has 4 heteroatoms. The van der Waals surface area contributed by atoms with Crippen molar-refractivity contribution in [2.75, 3.05) is 13.1 Å². The van der Waals surface area contributed by atoms with Crippen LogP contribution in [0.5, 0.6) is 0 Å². The van der Waals surface area contributed by atoms with Gasteiger partial charge in [0, 0.05) is 24.3 Å². The lowest BCUT2D eigenvalue weighted by Crippen LogP contribution is -2.30. The average molecular weight is 293 g/mol. The van der Waals surface area contributed by atoms with E-state index >= 15 is 0 Å². The first-order chi connectivity index (χ1) is 10.7. The molecule has 0 aliphatic carbocycles. The number of carbonyl (C=O) groups excluding carboxylic acids is 1. The third kappa shape index (κ3) is 2.48. The van der Waals surface area contributed by atoms with Crippen LogP contribution >= 0.6 is 0 Å². The van der Waals surface area contributed by atoms with Crippen LogP contribution < -0.4 is 0 Å². The van der Waals surface area contributed by atoms with Gasteiger partial charge < -0.3 is 4.90 Å². The van der Waals surface area contributed by atoms with Crippen LogP contribution in [0.3, 0.4) is 0 Å². The lowest BCUT2D eigenvalue weighted by atomic mass is 10.1. The van der Waals surface area contributed by atoms with E-state index in [0.29, 0.717) is 0 Å². The molecule has 22 heavy (non-hydrogen) atoms. The quantitative estimate of drug-likeness (QED) is 0.738. The van der Waals surface area contributed by atoms with Crippen molar-refractivity contribution in [2.45, 2.75) is 13.8 Å². The SMILES string of the molecule is CCN(CC)C(=O)c1ccc(-n2cnc3ccccc32)cc1. The predicted molar refractivity (Wildman–Crippen MR) is 88.3 cm³/mol. The summed E-state index contributed by atoms with van der Waals surface area (Å²) in [4.78, 5) is 18.5. The summed E-state index contributed by atoms with van der Waals surface area (Å²) in [5, 5.41) is 0. The highest BCUT2D eigenvalue weighted by molar-refractivity contribution is 5.94. The van der Waals surface area contributed by atoms with Crippen LogP contribution in [0.4, 0.5) is 0 Å². The summed E-state index contributed by atoms with van der Waals surface area (Å²) in [7, 11) is 0. The van der Waals surface area contributed by atoms with Crippen LogP contribution in [0.25, 0.3) is 16.7 Å². The highest BCUT2D eigenvalue weighted by Crippen LogP contribution is 2.18. The molecule has 0 unspecified atom stereocenters. The number of imidazole rings is 1. The molecule has 1 heterocycles. The minimum atomic E-state index is 0.0760. The largest absolute Gasteiger partial charge is 0.339 e. The lowest BCUT2D eigenvalue weighted by molar-refractivity contribution is 0.0773. The standard InChI is InChI=1S/C18H19N3O/c1-3-20(4-2)18(22)14-9-11-15(12-10-14)21-13-19-16-7-5-6-8-17(16)21/h5-13H,3-4H2,1-2H3. The Morgan fingerprint density at radius 1 is 1.05 bits per heavy atom. The molecule has 2 aromatic carbocycles. The van der Waals surface area contributed by atoms with E-state index in [-0.39, 0.29) is 5.91 Å². The summed E-state index contributed by atoms with van der Waals surface area (Å²) >= 11 is 0. The molecule has 3 aromatic rings. The minimum Gasteiger partial charge on any atom is -0.339 e. The van der Waals surface area contributed by atoms with E-state index in [1.54, 1.807) is 0 Å². The molecule has 0 saturated carbocycles. The molecule has 1 amide bonds. The van der Waals surface area contributed by atoms with Crippen molar-refractivity contribution >= 4 is 16.9 Å². The fourth-order valence-electron chi connectivity index (χ4n) is 2.62. The Hall–Kier alpha value is -2.62. The third-order valence-electron chi connectivity index (χ3n) is 3.90. The number of rotatable bonds is 4. The number of carbonyl (C=O) groups is 1. The molecule has 0 aliphatic rings. The van der Waals surface area contributed by atoms with Gasteiger partial charge in [0.1, 0.15) is 6.33 Å². The highest BCUT2D eigenvalue weighted by atomic mass is 16.2. The maximum Gasteiger partial charge on any atom is 0.253 e. The van der Waals surface area contributed by atoms with Gasteiger partial charge in [-0.15, -0.1) is 0 Å². The van der Waals surface area contributed by atoms with Crippen LogP contribution in [0.15, 0.2) is 54.9 Å². The zero-order chi connectivity index (χ0) is 15.5. The topological polar surface area (TPSA) is 38.1 Å². The Bertz CT molecular complexity index is 785. The van der Waals surface area contributed by atoms with Gasteiger partial charge in [-0.05, 0) is 50.2 Å². The summed E-state index contributed by atoms with van der Waals surface area (Å²) in [6.45, 7) is 5.44. The maximum absolute atomic E-state index is 12.3. The Labute approximate surface area is 130 Å². The van der Waals surface area contributed by atoms with E-state index in [9.17, 15) is 4.79 Å². The van der Waals surface area contributed by atoms with Gasteiger partial charge in [-0.2, -0.15) is 0 Å². The first-order valence-corrected chi connectivity index (χ1v) is 7.56. The highest BCUT2D eigenvalue weighted by Gasteiger charge is 2.12. The number of benzene rings is 2. The summed E-state index contributed by atoms with van der Waals surface area (Å²) in [6.07, 6.45) is 1.81. The molecule has 1 aromatic heterocycles. The minimum absolute atomic E-state index is 0.0760. The van der Waals surface area contributed by atoms with Gasteiger partial charge in [-0.25, -0.2) is 4.98 Å². The molecule has 3 rings (SSSR count).